The normalized spacial score (nSPS) is 21.0. The van der Waals surface area contributed by atoms with Crippen molar-refractivity contribution < 1.29 is 9.47 Å². The highest BCUT2D eigenvalue weighted by Gasteiger charge is 2.13. The van der Waals surface area contributed by atoms with Crippen LogP contribution in [0.25, 0.3) is 0 Å². The van der Waals surface area contributed by atoms with Crippen molar-refractivity contribution in [1.82, 2.24) is 5.32 Å². The Balaban J connectivity index is 1.73. The average molecular weight is 215 g/mol. The van der Waals surface area contributed by atoms with Crippen LogP contribution in [0.15, 0.2) is 0 Å². The van der Waals surface area contributed by atoms with Gasteiger partial charge in [-0.2, -0.15) is 0 Å². The maximum absolute atomic E-state index is 5.55. The molecule has 1 unspecified atom stereocenters. The predicted octanol–water partition coefficient (Wildman–Crippen LogP) is 1.96. The van der Waals surface area contributed by atoms with Gasteiger partial charge in [0.1, 0.15) is 0 Å². The lowest BCUT2D eigenvalue weighted by Crippen LogP contribution is -2.22. The average Bonchev–Trinajstić information content (AvgIpc) is 2.75. The zero-order valence-electron chi connectivity index (χ0n) is 9.96. The first kappa shape index (κ1) is 12.9. The Labute approximate surface area is 93.5 Å². The summed E-state index contributed by atoms with van der Waals surface area (Å²) >= 11 is 0. The van der Waals surface area contributed by atoms with Crippen LogP contribution in [-0.4, -0.2) is 39.0 Å². The Morgan fingerprint density at radius 2 is 2.27 bits per heavy atom. The highest BCUT2D eigenvalue weighted by Crippen LogP contribution is 2.14. The molecule has 3 heteroatoms. The zero-order valence-corrected chi connectivity index (χ0v) is 9.96. The van der Waals surface area contributed by atoms with Crippen LogP contribution in [0.3, 0.4) is 0 Å². The Morgan fingerprint density at radius 3 is 3.00 bits per heavy atom. The topological polar surface area (TPSA) is 30.5 Å². The van der Waals surface area contributed by atoms with E-state index in [-0.39, 0.29) is 0 Å². The van der Waals surface area contributed by atoms with Gasteiger partial charge in [0.25, 0.3) is 0 Å². The van der Waals surface area contributed by atoms with Crippen molar-refractivity contribution in [1.29, 1.82) is 0 Å². The minimum atomic E-state index is 0.522. The molecule has 0 radical (unpaired) electrons. The van der Waals surface area contributed by atoms with E-state index >= 15 is 0 Å². The zero-order chi connectivity index (χ0) is 10.8. The third kappa shape index (κ3) is 6.88. The van der Waals surface area contributed by atoms with Crippen molar-refractivity contribution in [2.24, 2.45) is 0 Å². The second kappa shape index (κ2) is 9.13. The van der Waals surface area contributed by atoms with Gasteiger partial charge in [0.15, 0.2) is 0 Å². The van der Waals surface area contributed by atoms with Crippen LogP contribution in [0.4, 0.5) is 0 Å². The Bertz CT molecular complexity index is 136. The molecule has 90 valence electrons. The summed E-state index contributed by atoms with van der Waals surface area (Å²) in [4.78, 5) is 0. The van der Waals surface area contributed by atoms with Crippen LogP contribution < -0.4 is 5.32 Å². The third-order valence-corrected chi connectivity index (χ3v) is 2.66. The van der Waals surface area contributed by atoms with Gasteiger partial charge in [-0.25, -0.2) is 0 Å². The molecule has 0 aromatic rings. The van der Waals surface area contributed by atoms with E-state index in [4.69, 9.17) is 9.47 Å². The number of hydrogen-bond acceptors (Lipinski definition) is 3. The first-order valence-corrected chi connectivity index (χ1v) is 6.33. The smallest absolute Gasteiger partial charge is 0.0588 e. The van der Waals surface area contributed by atoms with E-state index in [1.165, 1.54) is 12.8 Å². The molecule has 1 heterocycles. The second-order valence-corrected chi connectivity index (χ2v) is 4.14. The van der Waals surface area contributed by atoms with E-state index in [0.29, 0.717) is 6.10 Å². The van der Waals surface area contributed by atoms with Gasteiger partial charge in [0.05, 0.1) is 6.10 Å². The first-order valence-electron chi connectivity index (χ1n) is 6.33. The molecule has 0 spiro atoms. The van der Waals surface area contributed by atoms with Crippen LogP contribution in [0, 0.1) is 0 Å². The SMILES string of the molecule is CCCOCCCNCCC1CCCO1. The van der Waals surface area contributed by atoms with E-state index < -0.39 is 0 Å². The molecule has 0 saturated carbocycles. The van der Waals surface area contributed by atoms with Crippen molar-refractivity contribution in [3.05, 3.63) is 0 Å². The highest BCUT2D eigenvalue weighted by molar-refractivity contribution is 4.65. The molecular weight excluding hydrogens is 190 g/mol. The maximum Gasteiger partial charge on any atom is 0.0588 e. The molecule has 1 saturated heterocycles. The minimum absolute atomic E-state index is 0.522. The summed E-state index contributed by atoms with van der Waals surface area (Å²) in [5.41, 5.74) is 0. The fraction of sp³-hybridized carbons (Fsp3) is 1.00. The molecule has 1 N–H and O–H groups in total. The molecule has 0 bridgehead atoms. The Hall–Kier alpha value is -0.120. The van der Waals surface area contributed by atoms with Crippen LogP contribution in [0.2, 0.25) is 0 Å². The van der Waals surface area contributed by atoms with E-state index in [1.807, 2.05) is 0 Å². The molecule has 1 aliphatic heterocycles. The van der Waals surface area contributed by atoms with E-state index in [0.717, 1.165) is 52.2 Å². The summed E-state index contributed by atoms with van der Waals surface area (Å²) in [6.07, 6.45) is 6.42. The van der Waals surface area contributed by atoms with E-state index in [9.17, 15) is 0 Å². The molecule has 1 fully saturated rings. The van der Waals surface area contributed by atoms with Gasteiger partial charge in [-0.3, -0.25) is 0 Å². The van der Waals surface area contributed by atoms with Crippen molar-refractivity contribution in [3.63, 3.8) is 0 Å². The van der Waals surface area contributed by atoms with Gasteiger partial charge in [0.2, 0.25) is 0 Å². The van der Waals surface area contributed by atoms with Crippen molar-refractivity contribution in [2.45, 2.75) is 45.1 Å². The summed E-state index contributed by atoms with van der Waals surface area (Å²) in [5.74, 6) is 0. The maximum atomic E-state index is 5.55. The van der Waals surface area contributed by atoms with Crippen molar-refractivity contribution in [3.8, 4) is 0 Å². The molecule has 1 aliphatic rings. The molecule has 3 nitrogen and oxygen atoms in total. The van der Waals surface area contributed by atoms with Gasteiger partial charge in [-0.1, -0.05) is 6.92 Å². The minimum Gasteiger partial charge on any atom is -0.381 e. The Kier molecular flexibility index (Phi) is 7.88. The largest absolute Gasteiger partial charge is 0.381 e. The molecule has 0 aromatic heterocycles. The highest BCUT2D eigenvalue weighted by atomic mass is 16.5. The lowest BCUT2D eigenvalue weighted by Gasteiger charge is -2.09. The molecule has 15 heavy (non-hydrogen) atoms. The van der Waals surface area contributed by atoms with Crippen LogP contribution in [-0.2, 0) is 9.47 Å². The first-order chi connectivity index (χ1) is 7.43. The van der Waals surface area contributed by atoms with Crippen LogP contribution in [0.5, 0.6) is 0 Å². The molecule has 0 aromatic carbocycles. The van der Waals surface area contributed by atoms with E-state index in [1.54, 1.807) is 0 Å². The van der Waals surface area contributed by atoms with Crippen molar-refractivity contribution in [2.75, 3.05) is 32.9 Å². The Morgan fingerprint density at radius 1 is 1.33 bits per heavy atom. The van der Waals surface area contributed by atoms with Gasteiger partial charge in [-0.15, -0.1) is 0 Å². The summed E-state index contributed by atoms with van der Waals surface area (Å²) in [6, 6.07) is 0. The van der Waals surface area contributed by atoms with E-state index in [2.05, 4.69) is 12.2 Å². The fourth-order valence-electron chi connectivity index (χ4n) is 1.81. The second-order valence-electron chi connectivity index (χ2n) is 4.14. The molecule has 1 rings (SSSR count). The van der Waals surface area contributed by atoms with Gasteiger partial charge < -0.3 is 14.8 Å². The monoisotopic (exact) mass is 215 g/mol. The number of nitrogens with one attached hydrogen (secondary N) is 1. The molecular formula is C12H25NO2. The molecule has 1 atom stereocenters. The third-order valence-electron chi connectivity index (χ3n) is 2.66. The summed E-state index contributed by atoms with van der Waals surface area (Å²) < 4.78 is 10.9. The van der Waals surface area contributed by atoms with Gasteiger partial charge >= 0.3 is 0 Å². The predicted molar refractivity (Wildman–Crippen MR) is 62.2 cm³/mol. The summed E-state index contributed by atoms with van der Waals surface area (Å²) in [6.45, 7) is 7.04. The summed E-state index contributed by atoms with van der Waals surface area (Å²) in [7, 11) is 0. The van der Waals surface area contributed by atoms with Crippen LogP contribution >= 0.6 is 0 Å². The lowest BCUT2D eigenvalue weighted by molar-refractivity contribution is 0.103. The van der Waals surface area contributed by atoms with Gasteiger partial charge in [-0.05, 0) is 45.2 Å². The fourth-order valence-corrected chi connectivity index (χ4v) is 1.81. The number of hydrogen-bond donors (Lipinski definition) is 1. The lowest BCUT2D eigenvalue weighted by atomic mass is 10.2. The quantitative estimate of drug-likeness (QED) is 0.596. The molecule has 0 amide bonds. The summed E-state index contributed by atoms with van der Waals surface area (Å²) in [5, 5.41) is 3.43. The molecule has 0 aliphatic carbocycles. The standard InChI is InChI=1S/C12H25NO2/c1-2-9-14-10-4-7-13-8-6-12-5-3-11-15-12/h12-13H,2-11H2,1H3. The van der Waals surface area contributed by atoms with Gasteiger partial charge in [0, 0.05) is 19.8 Å². The van der Waals surface area contributed by atoms with Crippen molar-refractivity contribution >= 4 is 0 Å². The van der Waals surface area contributed by atoms with Crippen LogP contribution in [0.1, 0.15) is 39.0 Å². The number of rotatable bonds is 9. The number of ether oxygens (including phenoxy) is 2.